The van der Waals surface area contributed by atoms with Gasteiger partial charge in [-0.1, -0.05) is 18.2 Å². The first-order chi connectivity index (χ1) is 13.6. The molecule has 5 nitrogen and oxygen atoms in total. The summed E-state index contributed by atoms with van der Waals surface area (Å²) in [5.74, 6) is -3.30. The van der Waals surface area contributed by atoms with E-state index in [1.54, 1.807) is 6.07 Å². The molecule has 1 aliphatic rings. The van der Waals surface area contributed by atoms with Gasteiger partial charge in [0.25, 0.3) is 5.91 Å². The van der Waals surface area contributed by atoms with Gasteiger partial charge in [-0.2, -0.15) is 0 Å². The lowest BCUT2D eigenvalue weighted by Gasteiger charge is -2.40. The third-order valence-corrected chi connectivity index (χ3v) is 4.77. The Labute approximate surface area is 165 Å². The SMILES string of the molecule is CC1=C(c2ccccc2F)C(=O)N(C(C)(C)C(=O)Nc2cc(F)ccc2F)CO1. The predicted molar refractivity (Wildman–Crippen MR) is 101 cm³/mol. The average Bonchev–Trinajstić information content (AvgIpc) is 2.66. The molecule has 29 heavy (non-hydrogen) atoms. The Kier molecular flexibility index (Phi) is 5.37. The van der Waals surface area contributed by atoms with E-state index in [4.69, 9.17) is 4.74 Å². The van der Waals surface area contributed by atoms with Crippen molar-refractivity contribution in [2.24, 2.45) is 0 Å². The largest absolute Gasteiger partial charge is 0.477 e. The second kappa shape index (κ2) is 7.62. The number of hydrogen-bond donors (Lipinski definition) is 1. The highest BCUT2D eigenvalue weighted by Gasteiger charge is 2.42. The molecule has 2 aromatic carbocycles. The summed E-state index contributed by atoms with van der Waals surface area (Å²) in [4.78, 5) is 27.0. The molecule has 1 aliphatic heterocycles. The van der Waals surface area contributed by atoms with Gasteiger partial charge in [-0.05, 0) is 39.0 Å². The maximum absolute atomic E-state index is 14.3. The highest BCUT2D eigenvalue weighted by Crippen LogP contribution is 2.32. The van der Waals surface area contributed by atoms with Crippen LogP contribution in [0.3, 0.4) is 0 Å². The molecule has 152 valence electrons. The van der Waals surface area contributed by atoms with Crippen LogP contribution in [0.1, 0.15) is 26.3 Å². The van der Waals surface area contributed by atoms with E-state index in [0.29, 0.717) is 0 Å². The number of hydrogen-bond acceptors (Lipinski definition) is 3. The quantitative estimate of drug-likeness (QED) is 0.836. The third kappa shape index (κ3) is 3.83. The highest BCUT2D eigenvalue weighted by molar-refractivity contribution is 6.21. The number of carbonyl (C=O) groups is 2. The van der Waals surface area contributed by atoms with Crippen molar-refractivity contribution in [3.05, 3.63) is 71.2 Å². The van der Waals surface area contributed by atoms with Crippen LogP contribution in [0.4, 0.5) is 18.9 Å². The van der Waals surface area contributed by atoms with Gasteiger partial charge in [0.2, 0.25) is 5.91 Å². The minimum absolute atomic E-state index is 0.00726. The number of allylic oxidation sites excluding steroid dienone is 1. The molecule has 0 saturated heterocycles. The minimum atomic E-state index is -1.51. The number of carbonyl (C=O) groups excluding carboxylic acids is 2. The fraction of sp³-hybridized carbons (Fsp3) is 0.238. The first kappa shape index (κ1) is 20.4. The van der Waals surface area contributed by atoms with Crippen molar-refractivity contribution in [3.8, 4) is 0 Å². The predicted octanol–water partition coefficient (Wildman–Crippen LogP) is 4.07. The summed E-state index contributed by atoms with van der Waals surface area (Å²) in [6.45, 7) is 4.14. The summed E-state index contributed by atoms with van der Waals surface area (Å²) in [5, 5.41) is 2.29. The molecule has 3 rings (SSSR count). The first-order valence-corrected chi connectivity index (χ1v) is 8.80. The minimum Gasteiger partial charge on any atom is -0.477 e. The molecule has 0 spiro atoms. The third-order valence-electron chi connectivity index (χ3n) is 4.77. The summed E-state index contributed by atoms with van der Waals surface area (Å²) in [6, 6.07) is 8.37. The van der Waals surface area contributed by atoms with E-state index in [9.17, 15) is 22.8 Å². The number of benzene rings is 2. The van der Waals surface area contributed by atoms with E-state index < -0.39 is 34.8 Å². The lowest BCUT2D eigenvalue weighted by Crippen LogP contribution is -2.57. The van der Waals surface area contributed by atoms with Gasteiger partial charge in [0.1, 0.15) is 28.7 Å². The summed E-state index contributed by atoms with van der Waals surface area (Å²) in [7, 11) is 0. The molecule has 0 atom stereocenters. The van der Waals surface area contributed by atoms with Gasteiger partial charge in [-0.25, -0.2) is 13.2 Å². The average molecular weight is 404 g/mol. The Bertz CT molecular complexity index is 1020. The Morgan fingerprint density at radius 3 is 2.48 bits per heavy atom. The van der Waals surface area contributed by atoms with Gasteiger partial charge in [0.15, 0.2) is 6.73 Å². The fourth-order valence-electron chi connectivity index (χ4n) is 2.95. The smallest absolute Gasteiger partial charge is 0.261 e. The van der Waals surface area contributed by atoms with Crippen LogP contribution in [0, 0.1) is 17.5 Å². The lowest BCUT2D eigenvalue weighted by atomic mass is 9.96. The van der Waals surface area contributed by atoms with Crippen molar-refractivity contribution in [2.75, 3.05) is 12.0 Å². The molecule has 8 heteroatoms. The standard InChI is InChI=1S/C21H19F3N2O3/c1-12-18(14-6-4-5-7-15(14)23)19(27)26(11-29-12)21(2,3)20(28)25-17-10-13(22)8-9-16(17)24/h4-10H,11H2,1-3H3,(H,25,28). The van der Waals surface area contributed by atoms with E-state index in [-0.39, 0.29) is 29.3 Å². The number of ether oxygens (including phenoxy) is 1. The van der Waals surface area contributed by atoms with Crippen molar-refractivity contribution in [3.63, 3.8) is 0 Å². The van der Waals surface area contributed by atoms with Crippen LogP contribution >= 0.6 is 0 Å². The molecule has 0 aromatic heterocycles. The summed E-state index contributed by atoms with van der Waals surface area (Å²) in [6.07, 6.45) is 0. The Morgan fingerprint density at radius 1 is 1.10 bits per heavy atom. The molecule has 1 N–H and O–H groups in total. The molecular formula is C21H19F3N2O3. The van der Waals surface area contributed by atoms with Crippen molar-refractivity contribution in [2.45, 2.75) is 26.3 Å². The number of amides is 2. The van der Waals surface area contributed by atoms with Gasteiger partial charge >= 0.3 is 0 Å². The Morgan fingerprint density at radius 2 is 1.79 bits per heavy atom. The Balaban J connectivity index is 1.91. The van der Waals surface area contributed by atoms with Crippen LogP contribution < -0.4 is 5.32 Å². The van der Waals surface area contributed by atoms with Crippen LogP contribution in [0.15, 0.2) is 48.2 Å². The Hall–Kier alpha value is -3.29. The number of anilines is 1. The molecule has 0 aliphatic carbocycles. The zero-order valence-corrected chi connectivity index (χ0v) is 16.1. The maximum Gasteiger partial charge on any atom is 0.261 e. The van der Waals surface area contributed by atoms with Crippen LogP contribution in [0.25, 0.3) is 5.57 Å². The normalized spacial score (nSPS) is 14.7. The fourth-order valence-corrected chi connectivity index (χ4v) is 2.95. The van der Waals surface area contributed by atoms with Gasteiger partial charge in [-0.15, -0.1) is 0 Å². The van der Waals surface area contributed by atoms with Crippen molar-refractivity contribution >= 4 is 23.1 Å². The van der Waals surface area contributed by atoms with Gasteiger partial charge in [0, 0.05) is 11.6 Å². The number of nitrogens with zero attached hydrogens (tertiary/aromatic N) is 1. The van der Waals surface area contributed by atoms with E-state index in [1.165, 1.54) is 39.0 Å². The first-order valence-electron chi connectivity index (χ1n) is 8.80. The van der Waals surface area contributed by atoms with Gasteiger partial charge in [0.05, 0.1) is 11.3 Å². The van der Waals surface area contributed by atoms with Crippen molar-refractivity contribution < 1.29 is 27.5 Å². The maximum atomic E-state index is 14.3. The molecule has 2 aromatic rings. The molecule has 0 unspecified atom stereocenters. The summed E-state index contributed by atoms with van der Waals surface area (Å²) in [5.41, 5.74) is -1.82. The molecule has 1 heterocycles. The van der Waals surface area contributed by atoms with Crippen molar-refractivity contribution in [1.82, 2.24) is 4.90 Å². The van der Waals surface area contributed by atoms with Crippen LogP contribution in [-0.2, 0) is 14.3 Å². The second-order valence-corrected chi connectivity index (χ2v) is 7.05. The molecule has 0 radical (unpaired) electrons. The van der Waals surface area contributed by atoms with Gasteiger partial charge < -0.3 is 10.1 Å². The van der Waals surface area contributed by atoms with Crippen molar-refractivity contribution in [1.29, 1.82) is 0 Å². The zero-order chi connectivity index (χ0) is 21.3. The van der Waals surface area contributed by atoms with E-state index in [2.05, 4.69) is 5.32 Å². The van der Waals surface area contributed by atoms with E-state index in [1.807, 2.05) is 0 Å². The van der Waals surface area contributed by atoms with E-state index >= 15 is 0 Å². The zero-order valence-electron chi connectivity index (χ0n) is 16.1. The topological polar surface area (TPSA) is 58.6 Å². The van der Waals surface area contributed by atoms with Crippen LogP contribution in [-0.4, -0.2) is 29.0 Å². The molecule has 0 bridgehead atoms. The number of rotatable bonds is 4. The monoisotopic (exact) mass is 404 g/mol. The number of nitrogens with one attached hydrogen (secondary N) is 1. The van der Waals surface area contributed by atoms with Gasteiger partial charge in [-0.3, -0.25) is 14.5 Å². The highest BCUT2D eigenvalue weighted by atomic mass is 19.1. The summed E-state index contributed by atoms with van der Waals surface area (Å²) < 4.78 is 47.0. The summed E-state index contributed by atoms with van der Waals surface area (Å²) >= 11 is 0. The molecular weight excluding hydrogens is 385 g/mol. The molecule has 0 fully saturated rings. The molecule has 0 saturated carbocycles. The van der Waals surface area contributed by atoms with Crippen LogP contribution in [0.5, 0.6) is 0 Å². The van der Waals surface area contributed by atoms with Crippen LogP contribution in [0.2, 0.25) is 0 Å². The van der Waals surface area contributed by atoms with E-state index in [0.717, 1.165) is 23.1 Å². The number of halogens is 3. The lowest BCUT2D eigenvalue weighted by molar-refractivity contribution is -0.147. The molecule has 2 amide bonds. The second-order valence-electron chi connectivity index (χ2n) is 7.05.